The largest absolute Gasteiger partial charge is 0.466 e. The first-order valence-corrected chi connectivity index (χ1v) is 15.0. The maximum atomic E-state index is 13.8. The van der Waals surface area contributed by atoms with Gasteiger partial charge in [-0.05, 0) is 58.0 Å². The second kappa shape index (κ2) is 12.0. The Labute approximate surface area is 213 Å². The van der Waals surface area contributed by atoms with E-state index in [0.717, 1.165) is 23.0 Å². The Balaban J connectivity index is 2.40. The van der Waals surface area contributed by atoms with Crippen molar-refractivity contribution in [3.63, 3.8) is 0 Å². The van der Waals surface area contributed by atoms with Gasteiger partial charge in [-0.15, -0.1) is 0 Å². The van der Waals surface area contributed by atoms with E-state index in [1.807, 2.05) is 0 Å². The van der Waals surface area contributed by atoms with Crippen molar-refractivity contribution in [1.82, 2.24) is 0 Å². The van der Waals surface area contributed by atoms with Gasteiger partial charge in [-0.1, -0.05) is 20.8 Å². The maximum Gasteiger partial charge on any atom is 0.421 e. The van der Waals surface area contributed by atoms with Crippen molar-refractivity contribution in [3.05, 3.63) is 34.4 Å². The molecule has 1 aromatic rings. The van der Waals surface area contributed by atoms with Crippen molar-refractivity contribution < 1.29 is 33.2 Å². The van der Waals surface area contributed by atoms with Crippen molar-refractivity contribution in [1.29, 1.82) is 0 Å². The molecule has 0 aliphatic heterocycles. The van der Waals surface area contributed by atoms with Crippen LogP contribution >= 0.6 is 0 Å². The summed E-state index contributed by atoms with van der Waals surface area (Å²) in [5.41, 5.74) is -0.955. The number of hydrogen-bond donors (Lipinski definition) is 0. The quantitative estimate of drug-likeness (QED) is 0.166. The molecule has 1 aliphatic rings. The van der Waals surface area contributed by atoms with Crippen molar-refractivity contribution in [3.8, 4) is 0 Å². The van der Waals surface area contributed by atoms with Crippen LogP contribution in [-0.4, -0.2) is 50.0 Å². The second-order valence-electron chi connectivity index (χ2n) is 9.95. The zero-order chi connectivity index (χ0) is 27.3. The number of nitro groups is 1. The number of hydrogen-bond acceptors (Lipinski definition) is 8. The molecular weight excluding hydrogens is 484 g/mol. The number of carbonyl (C=O) groups is 3. The monoisotopic (exact) mass is 522 g/mol. The number of ether oxygens (including phenoxy) is 2. The molecule has 3 atom stereocenters. The normalized spacial score (nSPS) is 19.4. The Bertz CT molecular complexity index is 948. The predicted molar refractivity (Wildman–Crippen MR) is 137 cm³/mol. The van der Waals surface area contributed by atoms with E-state index < -0.39 is 54.6 Å². The van der Waals surface area contributed by atoms with E-state index in [1.54, 1.807) is 27.7 Å². The Morgan fingerprint density at radius 3 is 2.00 bits per heavy atom. The summed E-state index contributed by atoms with van der Waals surface area (Å²) in [5, 5.41) is 11.1. The molecule has 0 saturated heterocycles. The van der Waals surface area contributed by atoms with Crippen LogP contribution in [0, 0.1) is 27.9 Å². The molecule has 1 fully saturated rings. The van der Waals surface area contributed by atoms with E-state index >= 15 is 0 Å². The van der Waals surface area contributed by atoms with E-state index in [4.69, 9.17) is 13.9 Å². The first-order valence-electron chi connectivity index (χ1n) is 12.5. The number of benzene rings is 1. The van der Waals surface area contributed by atoms with Crippen LogP contribution in [0.15, 0.2) is 24.3 Å². The van der Waals surface area contributed by atoms with Crippen molar-refractivity contribution >= 4 is 37.7 Å². The van der Waals surface area contributed by atoms with Crippen LogP contribution in [0.4, 0.5) is 16.2 Å². The summed E-state index contributed by atoms with van der Waals surface area (Å²) < 4.78 is 17.1. The highest BCUT2D eigenvalue weighted by Crippen LogP contribution is 2.50. The maximum absolute atomic E-state index is 13.8. The molecule has 0 heterocycles. The Morgan fingerprint density at radius 2 is 1.56 bits per heavy atom. The lowest BCUT2D eigenvalue weighted by Crippen LogP contribution is -2.42. The van der Waals surface area contributed by atoms with Crippen LogP contribution in [-0.2, 0) is 23.5 Å². The number of carbonyl (C=O) groups excluding carboxylic acids is 3. The molecule has 1 saturated carbocycles. The molecule has 200 valence electrons. The fraction of sp³-hybridized carbons (Fsp3) is 0.640. The van der Waals surface area contributed by atoms with Gasteiger partial charge in [0.05, 0.1) is 29.1 Å². The standard InChI is InChI=1S/C25H38N2O8Si/c1-8-33-23(29)21-19(16-34-36(9-2,10-3)11-4)20(21)22(28)26(24(30)35-25(5,6)7)17-12-14-18(15-13-17)27(31)32/h12-15,19-21H,8-11,16H2,1-7H3/t19-,20+,21+/m0/s1. The van der Waals surface area contributed by atoms with Gasteiger partial charge in [-0.25, -0.2) is 9.69 Å². The molecule has 10 nitrogen and oxygen atoms in total. The molecule has 11 heteroatoms. The van der Waals surface area contributed by atoms with Crippen molar-refractivity contribution in [2.24, 2.45) is 17.8 Å². The van der Waals surface area contributed by atoms with E-state index in [1.165, 1.54) is 24.3 Å². The number of non-ortho nitro benzene ring substituents is 1. The van der Waals surface area contributed by atoms with Gasteiger partial charge in [0.15, 0.2) is 8.32 Å². The lowest BCUT2D eigenvalue weighted by atomic mass is 10.2. The summed E-state index contributed by atoms with van der Waals surface area (Å²) in [6.07, 6.45) is -0.921. The van der Waals surface area contributed by atoms with E-state index in [0.29, 0.717) is 0 Å². The smallest absolute Gasteiger partial charge is 0.421 e. The first-order chi connectivity index (χ1) is 16.8. The lowest BCUT2D eigenvalue weighted by Gasteiger charge is -2.28. The van der Waals surface area contributed by atoms with E-state index in [2.05, 4.69) is 20.8 Å². The van der Waals surface area contributed by atoms with Gasteiger partial charge < -0.3 is 13.9 Å². The topological polar surface area (TPSA) is 125 Å². The van der Waals surface area contributed by atoms with Gasteiger partial charge in [0.2, 0.25) is 5.91 Å². The molecular formula is C25H38N2O8Si. The number of anilines is 1. The Morgan fingerprint density at radius 1 is 1.00 bits per heavy atom. The average molecular weight is 523 g/mol. The van der Waals surface area contributed by atoms with Crippen LogP contribution in [0.25, 0.3) is 0 Å². The summed E-state index contributed by atoms with van der Waals surface area (Å²) in [7, 11) is -1.98. The molecule has 1 aromatic carbocycles. The highest BCUT2D eigenvalue weighted by atomic mass is 28.4. The SMILES string of the molecule is CCOC(=O)[C@@H]1[C@@H](CO[Si](CC)(CC)CC)[C@H]1C(=O)N(C(=O)OC(C)(C)C)c1ccc([N+](=O)[O-])cc1. The third-order valence-corrected chi connectivity index (χ3v) is 11.3. The van der Waals surface area contributed by atoms with Crippen LogP contribution in [0.1, 0.15) is 48.5 Å². The minimum absolute atomic E-state index is 0.119. The van der Waals surface area contributed by atoms with E-state index in [-0.39, 0.29) is 24.6 Å². The number of esters is 1. The molecule has 0 aromatic heterocycles. The zero-order valence-corrected chi connectivity index (χ0v) is 23.2. The van der Waals surface area contributed by atoms with Crippen LogP contribution in [0.3, 0.4) is 0 Å². The number of imide groups is 1. The van der Waals surface area contributed by atoms with Gasteiger partial charge in [-0.2, -0.15) is 0 Å². The molecule has 2 rings (SSSR count). The van der Waals surface area contributed by atoms with Crippen LogP contribution < -0.4 is 4.90 Å². The van der Waals surface area contributed by atoms with Crippen molar-refractivity contribution in [2.45, 2.75) is 72.2 Å². The number of nitrogens with zero attached hydrogens (tertiary/aromatic N) is 2. The molecule has 1 aliphatic carbocycles. The summed E-state index contributed by atoms with van der Waals surface area (Å²) in [6.45, 7) is 13.4. The third-order valence-electron chi connectivity index (χ3n) is 6.64. The fourth-order valence-corrected chi connectivity index (χ4v) is 6.97. The average Bonchev–Trinajstić information content (AvgIpc) is 3.54. The van der Waals surface area contributed by atoms with Gasteiger partial charge in [-0.3, -0.25) is 19.7 Å². The second-order valence-corrected chi connectivity index (χ2v) is 14.7. The third kappa shape index (κ3) is 6.91. The summed E-state index contributed by atoms with van der Waals surface area (Å²) in [5.74, 6) is -3.13. The highest BCUT2D eigenvalue weighted by molar-refractivity contribution is 6.73. The molecule has 2 amide bonds. The minimum atomic E-state index is -1.98. The van der Waals surface area contributed by atoms with Gasteiger partial charge in [0, 0.05) is 24.7 Å². The van der Waals surface area contributed by atoms with E-state index in [9.17, 15) is 24.5 Å². The Kier molecular flexibility index (Phi) is 9.78. The summed E-state index contributed by atoms with van der Waals surface area (Å²) >= 11 is 0. The van der Waals surface area contributed by atoms with Crippen molar-refractivity contribution in [2.75, 3.05) is 18.1 Å². The molecule has 0 spiro atoms. The number of rotatable bonds is 11. The fourth-order valence-electron chi connectivity index (χ4n) is 4.31. The molecule has 0 bridgehead atoms. The summed E-state index contributed by atoms with van der Waals surface area (Å²) in [6, 6.07) is 7.81. The number of nitro benzene ring substituents is 1. The molecule has 0 N–H and O–H groups in total. The molecule has 0 unspecified atom stereocenters. The molecule has 0 radical (unpaired) electrons. The van der Waals surface area contributed by atoms with Crippen LogP contribution in [0.5, 0.6) is 0 Å². The highest BCUT2D eigenvalue weighted by Gasteiger charge is 2.62. The minimum Gasteiger partial charge on any atom is -0.466 e. The van der Waals surface area contributed by atoms with Gasteiger partial charge in [0.1, 0.15) is 5.60 Å². The lowest BCUT2D eigenvalue weighted by molar-refractivity contribution is -0.384. The summed E-state index contributed by atoms with van der Waals surface area (Å²) in [4.78, 5) is 51.0. The first kappa shape index (κ1) is 29.4. The predicted octanol–water partition coefficient (Wildman–Crippen LogP) is 5.31. The van der Waals surface area contributed by atoms with Gasteiger partial charge in [0.25, 0.3) is 5.69 Å². The van der Waals surface area contributed by atoms with Gasteiger partial charge >= 0.3 is 12.1 Å². The van der Waals surface area contributed by atoms with Crippen LogP contribution in [0.2, 0.25) is 18.1 Å². The Hall–Kier alpha value is -2.79. The molecule has 36 heavy (non-hydrogen) atoms. The number of amides is 2. The zero-order valence-electron chi connectivity index (χ0n) is 22.2.